The van der Waals surface area contributed by atoms with Crippen LogP contribution in [0.25, 0.3) is 0 Å². The van der Waals surface area contributed by atoms with Crippen LogP contribution in [0.5, 0.6) is 0 Å². The molecular formula is C71H138O17P2. The van der Waals surface area contributed by atoms with Crippen LogP contribution in [0, 0.1) is 17.8 Å². The van der Waals surface area contributed by atoms with Crippen LogP contribution in [0.2, 0.25) is 0 Å². The second kappa shape index (κ2) is 61.9. The molecule has 19 heteroatoms. The Balaban J connectivity index is 5.21. The monoisotopic (exact) mass is 1320 g/mol. The van der Waals surface area contributed by atoms with Gasteiger partial charge in [-0.05, 0) is 43.4 Å². The standard InChI is InChI=1S/C71H138O17P2/c1-8-9-10-11-12-13-14-15-16-20-23-26-29-38-45-52-68(73)81-58-66(87-70(75)54-47-40-30-27-24-21-18-17-19-22-25-28-35-42-49-62(2)3)60-85-89(77,78)83-56-65(72)57-84-90(79,80)86-61-67(88-71(76)55-48-41-34-32-37-44-51-64(6)7)59-82-69(74)53-46-39-33-31-36-43-50-63(4)5/h62-67,72H,8-61H2,1-7H3,(H,77,78)(H,79,80)/t65-,66-,67-/m1/s1. The van der Waals surface area contributed by atoms with Gasteiger partial charge < -0.3 is 33.8 Å². The van der Waals surface area contributed by atoms with Crippen LogP contribution < -0.4 is 0 Å². The van der Waals surface area contributed by atoms with Gasteiger partial charge in [0.05, 0.1) is 26.4 Å². The van der Waals surface area contributed by atoms with Gasteiger partial charge in [0.2, 0.25) is 0 Å². The first-order valence-electron chi connectivity index (χ1n) is 36.8. The van der Waals surface area contributed by atoms with Gasteiger partial charge in [-0.1, -0.05) is 305 Å². The number of aliphatic hydroxyl groups excluding tert-OH is 1. The van der Waals surface area contributed by atoms with Crippen LogP contribution in [0.1, 0.15) is 357 Å². The van der Waals surface area contributed by atoms with E-state index in [9.17, 15) is 43.2 Å². The summed E-state index contributed by atoms with van der Waals surface area (Å²) in [6, 6.07) is 0. The number of ether oxygens (including phenoxy) is 4. The van der Waals surface area contributed by atoms with Gasteiger partial charge in [0.15, 0.2) is 12.2 Å². The molecular weight excluding hydrogens is 1190 g/mol. The number of carbonyl (C=O) groups is 4. The number of phosphoric ester groups is 2. The van der Waals surface area contributed by atoms with E-state index in [0.29, 0.717) is 37.5 Å². The Labute approximate surface area is 549 Å². The largest absolute Gasteiger partial charge is 0.472 e. The minimum Gasteiger partial charge on any atom is -0.462 e. The average molecular weight is 1330 g/mol. The Kier molecular flexibility index (Phi) is 60.6. The van der Waals surface area contributed by atoms with Crippen LogP contribution >= 0.6 is 15.6 Å². The van der Waals surface area contributed by atoms with Crippen LogP contribution in [-0.4, -0.2) is 96.7 Å². The summed E-state index contributed by atoms with van der Waals surface area (Å²) in [7, 11) is -9.90. The lowest BCUT2D eigenvalue weighted by molar-refractivity contribution is -0.161. The van der Waals surface area contributed by atoms with Crippen molar-refractivity contribution in [3.05, 3.63) is 0 Å². The number of hydrogen-bond acceptors (Lipinski definition) is 15. The normalized spacial score (nSPS) is 14.2. The molecule has 0 aliphatic carbocycles. The van der Waals surface area contributed by atoms with Crippen molar-refractivity contribution in [1.82, 2.24) is 0 Å². The Morgan fingerprint density at radius 3 is 0.756 bits per heavy atom. The molecule has 90 heavy (non-hydrogen) atoms. The van der Waals surface area contributed by atoms with Gasteiger partial charge in [0, 0.05) is 25.7 Å². The van der Waals surface area contributed by atoms with Crippen molar-refractivity contribution >= 4 is 39.5 Å². The molecule has 0 radical (unpaired) electrons. The lowest BCUT2D eigenvalue weighted by Gasteiger charge is -2.21. The number of carbonyl (C=O) groups excluding carboxylic acids is 4. The van der Waals surface area contributed by atoms with E-state index in [1.165, 1.54) is 161 Å². The lowest BCUT2D eigenvalue weighted by Crippen LogP contribution is -2.30. The van der Waals surface area contributed by atoms with E-state index in [1.54, 1.807) is 0 Å². The quantitative estimate of drug-likeness (QED) is 0.0222. The third kappa shape index (κ3) is 64.8. The van der Waals surface area contributed by atoms with E-state index in [1.807, 2.05) is 0 Å². The fourth-order valence-electron chi connectivity index (χ4n) is 10.7. The molecule has 0 aromatic rings. The van der Waals surface area contributed by atoms with Gasteiger partial charge in [-0.15, -0.1) is 0 Å². The first-order valence-corrected chi connectivity index (χ1v) is 39.8. The molecule has 2 unspecified atom stereocenters. The summed E-state index contributed by atoms with van der Waals surface area (Å²) in [5, 5.41) is 10.6. The van der Waals surface area contributed by atoms with Crippen molar-refractivity contribution in [1.29, 1.82) is 0 Å². The van der Waals surface area contributed by atoms with Crippen LogP contribution in [0.4, 0.5) is 0 Å². The summed E-state index contributed by atoms with van der Waals surface area (Å²) in [6.45, 7) is 11.7. The fraction of sp³-hybridized carbons (Fsp3) is 0.944. The van der Waals surface area contributed by atoms with Crippen molar-refractivity contribution in [2.45, 2.75) is 375 Å². The minimum atomic E-state index is -4.95. The van der Waals surface area contributed by atoms with Gasteiger partial charge in [-0.25, -0.2) is 9.13 Å². The first kappa shape index (κ1) is 88.1. The topological polar surface area (TPSA) is 237 Å². The zero-order valence-electron chi connectivity index (χ0n) is 58.6. The number of aliphatic hydroxyl groups is 1. The number of hydrogen-bond donors (Lipinski definition) is 3. The van der Waals surface area contributed by atoms with Gasteiger partial charge in [-0.3, -0.25) is 37.3 Å². The SMILES string of the molecule is CCCCCCCCCCCCCCCCCC(=O)OC[C@H](COP(=O)(O)OC[C@@H](O)COP(=O)(O)OC[C@@H](COC(=O)CCCCCCCCC(C)C)OC(=O)CCCCCCCCC(C)C)OC(=O)CCCCCCCCCCCCCCCCC(C)C. The molecule has 0 saturated heterocycles. The van der Waals surface area contributed by atoms with Gasteiger partial charge in [0.1, 0.15) is 19.3 Å². The van der Waals surface area contributed by atoms with E-state index in [-0.39, 0.29) is 25.7 Å². The third-order valence-corrected chi connectivity index (χ3v) is 18.3. The van der Waals surface area contributed by atoms with Gasteiger partial charge in [0.25, 0.3) is 0 Å². The molecule has 5 atom stereocenters. The molecule has 0 fully saturated rings. The molecule has 0 spiro atoms. The molecule has 0 aliphatic rings. The zero-order chi connectivity index (χ0) is 66.6. The summed E-state index contributed by atoms with van der Waals surface area (Å²) < 4.78 is 68.2. The van der Waals surface area contributed by atoms with Crippen LogP contribution in [0.3, 0.4) is 0 Å². The highest BCUT2D eigenvalue weighted by Crippen LogP contribution is 2.45. The Bertz CT molecular complexity index is 1770. The summed E-state index contributed by atoms with van der Waals surface area (Å²) in [4.78, 5) is 72.5. The second-order valence-electron chi connectivity index (χ2n) is 27.1. The van der Waals surface area contributed by atoms with Crippen molar-refractivity contribution in [2.24, 2.45) is 17.8 Å². The highest BCUT2D eigenvalue weighted by Gasteiger charge is 2.30. The Morgan fingerprint density at radius 1 is 0.300 bits per heavy atom. The van der Waals surface area contributed by atoms with E-state index in [0.717, 1.165) is 102 Å². The average Bonchev–Trinajstić information content (AvgIpc) is 3.48. The zero-order valence-corrected chi connectivity index (χ0v) is 60.4. The highest BCUT2D eigenvalue weighted by molar-refractivity contribution is 7.47. The van der Waals surface area contributed by atoms with E-state index in [4.69, 9.17) is 37.0 Å². The molecule has 534 valence electrons. The van der Waals surface area contributed by atoms with Gasteiger partial charge in [-0.2, -0.15) is 0 Å². The predicted octanol–water partition coefficient (Wildman–Crippen LogP) is 20.2. The number of rotatable bonds is 69. The third-order valence-electron chi connectivity index (χ3n) is 16.4. The summed E-state index contributed by atoms with van der Waals surface area (Å²) in [5.74, 6) is 0.0134. The summed E-state index contributed by atoms with van der Waals surface area (Å²) in [6.07, 6.45) is 46.2. The molecule has 0 rings (SSSR count). The molecule has 0 aromatic carbocycles. The summed E-state index contributed by atoms with van der Waals surface area (Å²) in [5.41, 5.74) is 0. The number of phosphoric acid groups is 2. The first-order chi connectivity index (χ1) is 43.2. The maximum absolute atomic E-state index is 13.0. The number of unbranched alkanes of at least 4 members (excludes halogenated alkanes) is 37. The predicted molar refractivity (Wildman–Crippen MR) is 363 cm³/mol. The lowest BCUT2D eigenvalue weighted by atomic mass is 10.0. The molecule has 0 aromatic heterocycles. The van der Waals surface area contributed by atoms with Gasteiger partial charge >= 0.3 is 39.5 Å². The van der Waals surface area contributed by atoms with Crippen molar-refractivity contribution in [3.63, 3.8) is 0 Å². The minimum absolute atomic E-state index is 0.101. The smallest absolute Gasteiger partial charge is 0.462 e. The van der Waals surface area contributed by atoms with Crippen molar-refractivity contribution < 1.29 is 80.2 Å². The van der Waals surface area contributed by atoms with E-state index >= 15 is 0 Å². The van der Waals surface area contributed by atoms with Crippen LogP contribution in [0.15, 0.2) is 0 Å². The van der Waals surface area contributed by atoms with E-state index < -0.39 is 97.5 Å². The Morgan fingerprint density at radius 2 is 0.511 bits per heavy atom. The molecule has 0 saturated carbocycles. The maximum Gasteiger partial charge on any atom is 0.472 e. The highest BCUT2D eigenvalue weighted by atomic mass is 31.2. The molecule has 17 nitrogen and oxygen atoms in total. The second-order valence-corrected chi connectivity index (χ2v) is 30.0. The maximum atomic E-state index is 13.0. The Hall–Kier alpha value is -1.94. The van der Waals surface area contributed by atoms with Crippen molar-refractivity contribution in [2.75, 3.05) is 39.6 Å². The van der Waals surface area contributed by atoms with Crippen LogP contribution in [-0.2, 0) is 65.4 Å². The number of esters is 4. The molecule has 0 heterocycles. The fourth-order valence-corrected chi connectivity index (χ4v) is 12.3. The molecule has 0 aliphatic heterocycles. The van der Waals surface area contributed by atoms with Crippen molar-refractivity contribution in [3.8, 4) is 0 Å². The molecule has 0 bridgehead atoms. The van der Waals surface area contributed by atoms with E-state index in [2.05, 4.69) is 48.5 Å². The molecule has 3 N–H and O–H groups in total. The molecule has 0 amide bonds. The summed E-state index contributed by atoms with van der Waals surface area (Å²) >= 11 is 0.